The van der Waals surface area contributed by atoms with Gasteiger partial charge in [0.25, 0.3) is 0 Å². The Morgan fingerprint density at radius 1 is 1.02 bits per heavy atom. The van der Waals surface area contributed by atoms with E-state index < -0.39 is 5.92 Å². The van der Waals surface area contributed by atoms with Gasteiger partial charge in [-0.3, -0.25) is 19.8 Å². The Morgan fingerprint density at radius 2 is 1.75 bits per heavy atom. The molecule has 6 rings (SSSR count). The first-order chi connectivity index (χ1) is 21.3. The zero-order valence-corrected chi connectivity index (χ0v) is 27.1. The number of carbonyl (C=O) groups is 3. The smallest absolute Gasteiger partial charge is 0.323 e. The minimum atomic E-state index is -0.477. The predicted molar refractivity (Wildman–Crippen MR) is 175 cm³/mol. The van der Waals surface area contributed by atoms with E-state index in [0.717, 1.165) is 73.6 Å². The standard InChI is InChI=1S/C32H44ClN7O3S/c1-21-16-22(18-27(33)29(21)34)17-24(31(42)39-13-11-37(12-14-39)25-2-7-35-8-3-25)19-28(41)38-9-4-26(5-10-38)40-20-23-6-15-44-30(23)36-32(40)43/h6,15-16,18,24-26,35H,2-5,7-14,17,19-20,34H2,1H3,(H,36,43)/t24-/m0/s1. The highest BCUT2D eigenvalue weighted by Gasteiger charge is 2.36. The first-order valence-electron chi connectivity index (χ1n) is 16.0. The van der Waals surface area contributed by atoms with Crippen molar-refractivity contribution in [3.63, 3.8) is 0 Å². The van der Waals surface area contributed by atoms with Gasteiger partial charge in [0.15, 0.2) is 0 Å². The average molecular weight is 642 g/mol. The number of rotatable bonds is 7. The summed E-state index contributed by atoms with van der Waals surface area (Å²) in [5.41, 5.74) is 9.58. The van der Waals surface area contributed by atoms with Crippen LogP contribution >= 0.6 is 22.9 Å². The number of hydrogen-bond acceptors (Lipinski definition) is 7. The first kappa shape index (κ1) is 31.1. The molecule has 10 nitrogen and oxygen atoms in total. The Hall–Kier alpha value is -2.86. The van der Waals surface area contributed by atoms with Crippen LogP contribution in [0.25, 0.3) is 0 Å². The lowest BCUT2D eigenvalue weighted by Gasteiger charge is -2.42. The van der Waals surface area contributed by atoms with E-state index in [-0.39, 0.29) is 30.3 Å². The zero-order chi connectivity index (χ0) is 30.8. The van der Waals surface area contributed by atoms with Crippen molar-refractivity contribution in [3.05, 3.63) is 45.3 Å². The van der Waals surface area contributed by atoms with Crippen LogP contribution in [0.15, 0.2) is 23.6 Å². The number of piperazine rings is 1. The zero-order valence-electron chi connectivity index (χ0n) is 25.5. The summed E-state index contributed by atoms with van der Waals surface area (Å²) in [4.78, 5) is 48.8. The van der Waals surface area contributed by atoms with Crippen LogP contribution < -0.4 is 16.4 Å². The van der Waals surface area contributed by atoms with E-state index in [2.05, 4.69) is 21.6 Å². The molecule has 3 fully saturated rings. The molecule has 12 heteroatoms. The Labute approximate surface area is 268 Å². The largest absolute Gasteiger partial charge is 0.397 e. The molecule has 0 radical (unpaired) electrons. The van der Waals surface area contributed by atoms with Gasteiger partial charge in [0.1, 0.15) is 5.00 Å². The second kappa shape index (κ2) is 13.6. The number of nitrogens with two attached hydrogens (primary N) is 1. The third-order valence-corrected chi connectivity index (χ3v) is 11.1. The van der Waals surface area contributed by atoms with Crippen molar-refractivity contribution in [2.24, 2.45) is 5.92 Å². The minimum absolute atomic E-state index is 0.00313. The average Bonchev–Trinajstić information content (AvgIpc) is 3.50. The number of carbonyl (C=O) groups excluding carboxylic acids is 3. The number of piperidine rings is 2. The van der Waals surface area contributed by atoms with Crippen LogP contribution in [-0.4, -0.2) is 102 Å². The molecule has 5 heterocycles. The summed E-state index contributed by atoms with van der Waals surface area (Å²) in [6, 6.07) is 6.48. The summed E-state index contributed by atoms with van der Waals surface area (Å²) in [7, 11) is 0. The maximum absolute atomic E-state index is 14.0. The van der Waals surface area contributed by atoms with E-state index >= 15 is 0 Å². The van der Waals surface area contributed by atoms with Crippen molar-refractivity contribution in [2.75, 3.05) is 63.4 Å². The number of anilines is 2. The molecule has 4 aliphatic heterocycles. The second-order valence-electron chi connectivity index (χ2n) is 12.7. The lowest BCUT2D eigenvalue weighted by atomic mass is 9.92. The van der Waals surface area contributed by atoms with Gasteiger partial charge in [-0.25, -0.2) is 4.79 Å². The van der Waals surface area contributed by atoms with Gasteiger partial charge in [-0.05, 0) is 80.8 Å². The maximum Gasteiger partial charge on any atom is 0.323 e. The predicted octanol–water partition coefficient (Wildman–Crippen LogP) is 3.78. The number of halogens is 1. The fourth-order valence-electron chi connectivity index (χ4n) is 7.27. The molecular weight excluding hydrogens is 598 g/mol. The molecule has 2 aromatic rings. The van der Waals surface area contributed by atoms with Gasteiger partial charge in [-0.1, -0.05) is 17.7 Å². The van der Waals surface area contributed by atoms with Crippen molar-refractivity contribution >= 4 is 51.5 Å². The Bertz CT molecular complexity index is 1340. The fraction of sp³-hybridized carbons (Fsp3) is 0.594. The van der Waals surface area contributed by atoms with Crippen LogP contribution in [0.5, 0.6) is 0 Å². The van der Waals surface area contributed by atoms with Gasteiger partial charge < -0.3 is 25.8 Å². The molecule has 0 aliphatic carbocycles. The number of likely N-dealkylation sites (tertiary alicyclic amines) is 1. The number of benzene rings is 1. The molecule has 3 saturated heterocycles. The van der Waals surface area contributed by atoms with Gasteiger partial charge in [-0.2, -0.15) is 0 Å². The lowest BCUT2D eigenvalue weighted by Crippen LogP contribution is -2.55. The van der Waals surface area contributed by atoms with Gasteiger partial charge in [0, 0.05) is 63.3 Å². The monoisotopic (exact) mass is 641 g/mol. The number of thiophene rings is 1. The number of urea groups is 1. The number of fused-ring (bicyclic) bond motifs is 1. The molecule has 1 atom stereocenters. The molecule has 44 heavy (non-hydrogen) atoms. The summed E-state index contributed by atoms with van der Waals surface area (Å²) in [5, 5.41) is 9.85. The van der Waals surface area contributed by atoms with Gasteiger partial charge in [0.05, 0.1) is 23.2 Å². The molecule has 1 aromatic carbocycles. The quantitative estimate of drug-likeness (QED) is 0.397. The third kappa shape index (κ3) is 6.85. The first-order valence-corrected chi connectivity index (χ1v) is 17.2. The Morgan fingerprint density at radius 3 is 2.45 bits per heavy atom. The number of nitrogens with one attached hydrogen (secondary N) is 2. The van der Waals surface area contributed by atoms with E-state index in [1.54, 1.807) is 11.3 Å². The number of hydrogen-bond donors (Lipinski definition) is 3. The molecule has 4 amide bonds. The lowest BCUT2D eigenvalue weighted by molar-refractivity contribution is -0.143. The Balaban J connectivity index is 1.09. The van der Waals surface area contributed by atoms with Crippen LogP contribution in [0.3, 0.4) is 0 Å². The topological polar surface area (TPSA) is 114 Å². The molecule has 1 aromatic heterocycles. The van der Waals surface area contributed by atoms with Crippen molar-refractivity contribution in [2.45, 2.75) is 64.1 Å². The molecule has 238 valence electrons. The van der Waals surface area contributed by atoms with Crippen LogP contribution in [0.4, 0.5) is 15.5 Å². The maximum atomic E-state index is 14.0. The third-order valence-electron chi connectivity index (χ3n) is 9.93. The van der Waals surface area contributed by atoms with Crippen molar-refractivity contribution in [1.29, 1.82) is 0 Å². The Kier molecular flexibility index (Phi) is 9.65. The summed E-state index contributed by atoms with van der Waals surface area (Å²) in [6.45, 7) is 8.88. The molecular formula is C32H44ClN7O3S. The molecule has 4 N–H and O–H groups in total. The highest BCUT2D eigenvalue weighted by Crippen LogP contribution is 2.32. The van der Waals surface area contributed by atoms with Crippen LogP contribution in [0, 0.1) is 12.8 Å². The van der Waals surface area contributed by atoms with Crippen molar-refractivity contribution in [1.82, 2.24) is 24.9 Å². The number of nitrogen functional groups attached to an aromatic ring is 1. The molecule has 0 saturated carbocycles. The summed E-state index contributed by atoms with van der Waals surface area (Å²) in [6.07, 6.45) is 4.34. The van der Waals surface area contributed by atoms with Gasteiger partial charge in [0.2, 0.25) is 11.8 Å². The van der Waals surface area contributed by atoms with E-state index in [9.17, 15) is 14.4 Å². The summed E-state index contributed by atoms with van der Waals surface area (Å²) < 4.78 is 0. The van der Waals surface area contributed by atoms with E-state index in [1.165, 1.54) is 0 Å². The highest BCUT2D eigenvalue weighted by molar-refractivity contribution is 7.14. The van der Waals surface area contributed by atoms with Crippen LogP contribution in [0.1, 0.15) is 48.8 Å². The minimum Gasteiger partial charge on any atom is -0.397 e. The second-order valence-corrected chi connectivity index (χ2v) is 14.0. The van der Waals surface area contributed by atoms with Gasteiger partial charge >= 0.3 is 6.03 Å². The van der Waals surface area contributed by atoms with Crippen molar-refractivity contribution < 1.29 is 14.4 Å². The van der Waals surface area contributed by atoms with Crippen LogP contribution in [-0.2, 0) is 22.6 Å². The summed E-state index contributed by atoms with van der Waals surface area (Å²) in [5.74, 6) is -0.438. The van der Waals surface area contributed by atoms with Crippen molar-refractivity contribution in [3.8, 4) is 0 Å². The van der Waals surface area contributed by atoms with Crippen LogP contribution in [0.2, 0.25) is 5.02 Å². The fourth-order valence-corrected chi connectivity index (χ4v) is 8.36. The van der Waals surface area contributed by atoms with Gasteiger partial charge in [-0.15, -0.1) is 11.3 Å². The van der Waals surface area contributed by atoms with E-state index in [4.69, 9.17) is 17.3 Å². The highest BCUT2D eigenvalue weighted by atomic mass is 35.5. The SMILES string of the molecule is Cc1cc(C[C@@H](CC(=O)N2CCC(N3Cc4ccsc4NC3=O)CC2)C(=O)N2CCN(C3CCNCC3)CC2)cc(Cl)c1N. The van der Waals surface area contributed by atoms with E-state index in [1.807, 2.05) is 39.1 Å². The molecule has 4 aliphatic rings. The molecule has 0 bridgehead atoms. The number of amides is 4. The summed E-state index contributed by atoms with van der Waals surface area (Å²) >= 11 is 7.97. The number of nitrogens with zero attached hydrogens (tertiary/aromatic N) is 4. The molecule has 0 unspecified atom stereocenters. The normalized spacial score (nSPS) is 21.2. The number of aryl methyl sites for hydroxylation is 1. The van der Waals surface area contributed by atoms with E-state index in [0.29, 0.717) is 55.9 Å². The molecule has 0 spiro atoms.